The van der Waals surface area contributed by atoms with Crippen LogP contribution in [0.15, 0.2) is 30.3 Å². The van der Waals surface area contributed by atoms with Gasteiger partial charge in [-0.3, -0.25) is 0 Å². The second-order valence-corrected chi connectivity index (χ2v) is 10.4. The van der Waals surface area contributed by atoms with E-state index in [1.807, 2.05) is 35.2 Å². The first-order valence-electron chi connectivity index (χ1n) is 6.61. The fourth-order valence-electron chi connectivity index (χ4n) is 1.65. The third kappa shape index (κ3) is 8.51. The Kier molecular flexibility index (Phi) is 10.4. The summed E-state index contributed by atoms with van der Waals surface area (Å²) in [6, 6.07) is 9.64. The van der Waals surface area contributed by atoms with Crippen LogP contribution in [0.3, 0.4) is 0 Å². The number of rotatable bonds is 9. The summed E-state index contributed by atoms with van der Waals surface area (Å²) in [5.74, 6) is -0.767. The molecule has 9 heteroatoms. The highest BCUT2D eigenvalue weighted by Gasteiger charge is 2.15. The van der Waals surface area contributed by atoms with E-state index in [4.69, 9.17) is 9.47 Å². The fraction of sp³-hybridized carbons (Fsp3) is 0.429. The van der Waals surface area contributed by atoms with E-state index in [-0.39, 0.29) is 25.2 Å². The molecule has 0 radical (unpaired) electrons. The number of para-hydroxylation sites is 1. The van der Waals surface area contributed by atoms with E-state index in [1.54, 1.807) is 0 Å². The summed E-state index contributed by atoms with van der Waals surface area (Å²) in [4.78, 5) is 24.8. The number of carbonyl (C=O) groups excluding carboxylic acids is 2. The second-order valence-electron chi connectivity index (χ2n) is 4.26. The standard InChI is InChI=1S/C14H15Br4NO4/c15-11(16)13(20)22-8-6-19(10-4-2-1-3-5-10)7-9-23-14(21)12(17)18/h1-5,11-12H,6-9H2. The van der Waals surface area contributed by atoms with Gasteiger partial charge >= 0.3 is 11.9 Å². The molecule has 0 amide bonds. The Morgan fingerprint density at radius 2 is 1.30 bits per heavy atom. The Morgan fingerprint density at radius 3 is 1.70 bits per heavy atom. The third-order valence-electron chi connectivity index (χ3n) is 2.69. The summed E-state index contributed by atoms with van der Waals surface area (Å²) < 4.78 is 9.21. The topological polar surface area (TPSA) is 55.8 Å². The number of hydrogen-bond donors (Lipinski definition) is 0. The molecule has 1 aromatic carbocycles. The van der Waals surface area contributed by atoms with Gasteiger partial charge in [0.1, 0.15) is 13.2 Å². The van der Waals surface area contributed by atoms with Crippen molar-refractivity contribution >= 4 is 81.3 Å². The minimum Gasteiger partial charge on any atom is -0.462 e. The van der Waals surface area contributed by atoms with E-state index in [9.17, 15) is 9.59 Å². The summed E-state index contributed by atoms with van der Waals surface area (Å²) in [5, 5.41) is 0. The van der Waals surface area contributed by atoms with Crippen LogP contribution in [0.5, 0.6) is 0 Å². The normalized spacial score (nSPS) is 10.7. The smallest absolute Gasteiger partial charge is 0.330 e. The monoisotopic (exact) mass is 577 g/mol. The Hall–Kier alpha value is -0.120. The van der Waals surface area contributed by atoms with Crippen LogP contribution in [0, 0.1) is 0 Å². The summed E-state index contributed by atoms with van der Waals surface area (Å²) in [5.41, 5.74) is 0.961. The Balaban J connectivity index is 2.53. The van der Waals surface area contributed by atoms with Crippen molar-refractivity contribution in [2.45, 2.75) is 7.47 Å². The number of anilines is 1. The maximum atomic E-state index is 11.4. The molecule has 0 fully saturated rings. The van der Waals surface area contributed by atoms with Gasteiger partial charge in [-0.05, 0) is 12.1 Å². The van der Waals surface area contributed by atoms with Crippen LogP contribution in [0.25, 0.3) is 0 Å². The van der Waals surface area contributed by atoms with E-state index < -0.39 is 7.47 Å². The van der Waals surface area contributed by atoms with Gasteiger partial charge in [-0.2, -0.15) is 0 Å². The molecule has 0 bridgehead atoms. The van der Waals surface area contributed by atoms with Crippen LogP contribution < -0.4 is 4.90 Å². The number of carbonyl (C=O) groups is 2. The van der Waals surface area contributed by atoms with Crippen LogP contribution in [-0.2, 0) is 19.1 Å². The van der Waals surface area contributed by atoms with Crippen molar-refractivity contribution in [3.63, 3.8) is 0 Å². The van der Waals surface area contributed by atoms with Gasteiger partial charge in [0.25, 0.3) is 0 Å². The van der Waals surface area contributed by atoms with Gasteiger partial charge in [0.15, 0.2) is 7.47 Å². The van der Waals surface area contributed by atoms with Crippen LogP contribution in [-0.4, -0.2) is 45.7 Å². The maximum Gasteiger partial charge on any atom is 0.330 e. The van der Waals surface area contributed by atoms with Crippen molar-refractivity contribution in [1.82, 2.24) is 0 Å². The Bertz CT molecular complexity index is 473. The molecule has 0 saturated carbocycles. The molecule has 0 saturated heterocycles. The molecule has 0 atom stereocenters. The van der Waals surface area contributed by atoms with Crippen molar-refractivity contribution in [1.29, 1.82) is 0 Å². The molecule has 128 valence electrons. The Labute approximate surface area is 168 Å². The van der Waals surface area contributed by atoms with E-state index in [0.717, 1.165) is 5.69 Å². The predicted molar refractivity (Wildman–Crippen MR) is 104 cm³/mol. The minimum absolute atomic E-state index is 0.231. The van der Waals surface area contributed by atoms with Crippen molar-refractivity contribution in [3.8, 4) is 0 Å². The molecule has 0 aliphatic rings. The first-order valence-corrected chi connectivity index (χ1v) is 10.3. The van der Waals surface area contributed by atoms with Gasteiger partial charge in [-0.15, -0.1) is 0 Å². The number of hydrogen-bond acceptors (Lipinski definition) is 5. The first kappa shape index (κ1) is 20.9. The van der Waals surface area contributed by atoms with Gasteiger partial charge in [-0.1, -0.05) is 81.9 Å². The molecule has 0 aromatic heterocycles. The lowest BCUT2D eigenvalue weighted by atomic mass is 10.3. The van der Waals surface area contributed by atoms with Crippen molar-refractivity contribution in [3.05, 3.63) is 30.3 Å². The average molecular weight is 581 g/mol. The van der Waals surface area contributed by atoms with Crippen LogP contribution in [0.4, 0.5) is 5.69 Å². The maximum absolute atomic E-state index is 11.4. The number of halogens is 4. The Morgan fingerprint density at radius 1 is 0.870 bits per heavy atom. The van der Waals surface area contributed by atoms with Crippen LogP contribution in [0.1, 0.15) is 0 Å². The molecule has 5 nitrogen and oxygen atoms in total. The average Bonchev–Trinajstić information content (AvgIpc) is 2.53. The first-order chi connectivity index (χ1) is 10.9. The van der Waals surface area contributed by atoms with Crippen LogP contribution in [0.2, 0.25) is 0 Å². The quantitative estimate of drug-likeness (QED) is 0.329. The molecule has 1 rings (SSSR count). The molecule has 1 aromatic rings. The zero-order valence-electron chi connectivity index (χ0n) is 12.0. The van der Waals surface area contributed by atoms with Gasteiger partial charge in [0.05, 0.1) is 13.1 Å². The van der Waals surface area contributed by atoms with Crippen molar-refractivity contribution in [2.24, 2.45) is 0 Å². The molecule has 0 aliphatic carbocycles. The molecule has 0 N–H and O–H groups in total. The lowest BCUT2D eigenvalue weighted by Crippen LogP contribution is -2.33. The summed E-state index contributed by atoms with van der Waals surface area (Å²) in [6.45, 7) is 1.45. The number of esters is 2. The number of benzene rings is 1. The summed E-state index contributed by atoms with van der Waals surface area (Å²) in [6.07, 6.45) is 0. The van der Waals surface area contributed by atoms with E-state index in [0.29, 0.717) is 13.1 Å². The lowest BCUT2D eigenvalue weighted by molar-refractivity contribution is -0.141. The fourth-order valence-corrected chi connectivity index (χ4v) is 2.18. The SMILES string of the molecule is O=C(OCCN(CCOC(=O)C(Br)Br)c1ccccc1)C(Br)Br. The molecule has 0 aliphatic heterocycles. The highest BCUT2D eigenvalue weighted by Crippen LogP contribution is 2.14. The zero-order chi connectivity index (χ0) is 17.2. The molecule has 0 heterocycles. The van der Waals surface area contributed by atoms with Gasteiger partial charge in [-0.25, -0.2) is 9.59 Å². The third-order valence-corrected chi connectivity index (χ3v) is 4.18. The second kappa shape index (κ2) is 11.4. The van der Waals surface area contributed by atoms with Crippen molar-refractivity contribution < 1.29 is 19.1 Å². The van der Waals surface area contributed by atoms with E-state index in [1.165, 1.54) is 0 Å². The van der Waals surface area contributed by atoms with Gasteiger partial charge in [0, 0.05) is 5.69 Å². The predicted octanol–water partition coefficient (Wildman–Crippen LogP) is 3.81. The number of alkyl halides is 4. The molecular formula is C14H15Br4NO4. The van der Waals surface area contributed by atoms with Crippen LogP contribution >= 0.6 is 63.7 Å². The molecule has 0 spiro atoms. The van der Waals surface area contributed by atoms with E-state index >= 15 is 0 Å². The van der Waals surface area contributed by atoms with Gasteiger partial charge in [0.2, 0.25) is 0 Å². The summed E-state index contributed by atoms with van der Waals surface area (Å²) >= 11 is 12.3. The lowest BCUT2D eigenvalue weighted by Gasteiger charge is -2.24. The summed E-state index contributed by atoms with van der Waals surface area (Å²) in [7, 11) is 0. The molecular weight excluding hydrogens is 566 g/mol. The number of ether oxygens (including phenoxy) is 2. The highest BCUT2D eigenvalue weighted by atomic mass is 79.9. The van der Waals surface area contributed by atoms with E-state index in [2.05, 4.69) is 63.7 Å². The molecule has 0 unspecified atom stereocenters. The molecule has 23 heavy (non-hydrogen) atoms. The zero-order valence-corrected chi connectivity index (χ0v) is 18.3. The highest BCUT2D eigenvalue weighted by molar-refractivity contribution is 9.25. The van der Waals surface area contributed by atoms with Crippen molar-refractivity contribution in [2.75, 3.05) is 31.2 Å². The largest absolute Gasteiger partial charge is 0.462 e. The van der Waals surface area contributed by atoms with Gasteiger partial charge < -0.3 is 14.4 Å². The minimum atomic E-state index is -0.518. The number of nitrogens with zero attached hydrogens (tertiary/aromatic N) is 1.